The number of aliphatic hydroxyl groups excluding tert-OH is 1. The molecule has 202 valence electrons. The lowest BCUT2D eigenvalue weighted by atomic mass is 9.94. The number of ether oxygens (including phenoxy) is 2. The van der Waals surface area contributed by atoms with Crippen molar-refractivity contribution in [2.75, 3.05) is 6.61 Å². The SMILES string of the molecule is CCOc1cc(C2C(=C(O)c3ccc(F)cc3)C(=O)C(=O)N2Cc2ccncc2)ccc1OCc1ccccc1. The summed E-state index contributed by atoms with van der Waals surface area (Å²) in [7, 11) is 0. The quantitative estimate of drug-likeness (QED) is 0.164. The Kier molecular flexibility index (Phi) is 7.87. The molecule has 0 spiro atoms. The maximum atomic E-state index is 13.6. The number of pyridine rings is 1. The van der Waals surface area contributed by atoms with Crippen LogP contribution in [0.25, 0.3) is 5.76 Å². The smallest absolute Gasteiger partial charge is 0.295 e. The first-order valence-electron chi connectivity index (χ1n) is 12.8. The Bertz CT molecular complexity index is 1540. The van der Waals surface area contributed by atoms with Crippen molar-refractivity contribution in [1.29, 1.82) is 0 Å². The highest BCUT2D eigenvalue weighted by Gasteiger charge is 2.46. The van der Waals surface area contributed by atoms with Crippen molar-refractivity contribution < 1.29 is 28.6 Å². The van der Waals surface area contributed by atoms with Gasteiger partial charge in [-0.15, -0.1) is 0 Å². The van der Waals surface area contributed by atoms with Gasteiger partial charge in [0.15, 0.2) is 11.5 Å². The van der Waals surface area contributed by atoms with Crippen molar-refractivity contribution in [1.82, 2.24) is 9.88 Å². The molecule has 40 heavy (non-hydrogen) atoms. The van der Waals surface area contributed by atoms with Crippen LogP contribution in [-0.4, -0.2) is 33.3 Å². The molecule has 1 atom stereocenters. The van der Waals surface area contributed by atoms with E-state index < -0.39 is 23.5 Å². The van der Waals surface area contributed by atoms with Gasteiger partial charge in [0.2, 0.25) is 0 Å². The second-order valence-corrected chi connectivity index (χ2v) is 9.20. The van der Waals surface area contributed by atoms with Crippen molar-refractivity contribution in [2.45, 2.75) is 26.1 Å². The van der Waals surface area contributed by atoms with E-state index in [0.29, 0.717) is 30.3 Å². The van der Waals surface area contributed by atoms with Gasteiger partial charge in [-0.1, -0.05) is 36.4 Å². The summed E-state index contributed by atoms with van der Waals surface area (Å²) in [5.74, 6) is -1.52. The van der Waals surface area contributed by atoms with E-state index in [1.165, 1.54) is 29.2 Å². The van der Waals surface area contributed by atoms with Crippen LogP contribution in [0.15, 0.2) is 103 Å². The molecular weight excluding hydrogens is 511 g/mol. The summed E-state index contributed by atoms with van der Waals surface area (Å²) in [6.45, 7) is 2.63. The van der Waals surface area contributed by atoms with Crippen LogP contribution in [0.4, 0.5) is 4.39 Å². The van der Waals surface area contributed by atoms with Crippen molar-refractivity contribution in [3.8, 4) is 11.5 Å². The van der Waals surface area contributed by atoms with E-state index in [-0.39, 0.29) is 23.4 Å². The summed E-state index contributed by atoms with van der Waals surface area (Å²) in [6.07, 6.45) is 3.21. The Morgan fingerprint density at radius 1 is 0.900 bits per heavy atom. The lowest BCUT2D eigenvalue weighted by Crippen LogP contribution is -2.29. The minimum absolute atomic E-state index is 0.0916. The predicted molar refractivity (Wildman–Crippen MR) is 147 cm³/mol. The van der Waals surface area contributed by atoms with Gasteiger partial charge in [0.25, 0.3) is 11.7 Å². The normalized spacial score (nSPS) is 16.2. The molecule has 2 heterocycles. The molecule has 7 nitrogen and oxygen atoms in total. The maximum Gasteiger partial charge on any atom is 0.295 e. The van der Waals surface area contributed by atoms with Crippen LogP contribution in [0, 0.1) is 5.82 Å². The highest BCUT2D eigenvalue weighted by molar-refractivity contribution is 6.46. The number of likely N-dealkylation sites (tertiary alicyclic amines) is 1. The average molecular weight is 539 g/mol. The van der Waals surface area contributed by atoms with Crippen LogP contribution in [0.1, 0.15) is 35.2 Å². The standard InChI is InChI=1S/C32H27FN2O5/c1-2-39-27-18-24(10-13-26(27)40-20-22-6-4-3-5-7-22)29-28(30(36)23-8-11-25(33)12-9-23)31(37)32(38)35(29)19-21-14-16-34-17-15-21/h3-18,29,36H,2,19-20H2,1H3. The molecule has 0 radical (unpaired) electrons. The second kappa shape index (κ2) is 11.8. The molecule has 0 aliphatic carbocycles. The van der Waals surface area contributed by atoms with Gasteiger partial charge in [-0.2, -0.15) is 0 Å². The molecule has 1 saturated heterocycles. The third-order valence-corrected chi connectivity index (χ3v) is 6.58. The zero-order chi connectivity index (χ0) is 28.1. The number of nitrogens with zero attached hydrogens (tertiary/aromatic N) is 2. The molecule has 1 amide bonds. The molecule has 0 bridgehead atoms. The Morgan fingerprint density at radius 3 is 2.33 bits per heavy atom. The zero-order valence-corrected chi connectivity index (χ0v) is 21.8. The van der Waals surface area contributed by atoms with E-state index >= 15 is 0 Å². The minimum Gasteiger partial charge on any atom is -0.507 e. The fourth-order valence-corrected chi connectivity index (χ4v) is 4.66. The Balaban J connectivity index is 1.58. The van der Waals surface area contributed by atoms with Crippen LogP contribution in [-0.2, 0) is 22.7 Å². The number of hydrogen-bond donors (Lipinski definition) is 1. The summed E-state index contributed by atoms with van der Waals surface area (Å²) >= 11 is 0. The Hall–Kier alpha value is -4.98. The summed E-state index contributed by atoms with van der Waals surface area (Å²) in [5.41, 5.74) is 2.43. The van der Waals surface area contributed by atoms with Crippen LogP contribution >= 0.6 is 0 Å². The first-order valence-corrected chi connectivity index (χ1v) is 12.8. The van der Waals surface area contributed by atoms with Crippen LogP contribution in [0.3, 0.4) is 0 Å². The van der Waals surface area contributed by atoms with Crippen LogP contribution in [0.5, 0.6) is 11.5 Å². The van der Waals surface area contributed by atoms with Crippen molar-refractivity contribution in [2.24, 2.45) is 0 Å². The van der Waals surface area contributed by atoms with E-state index in [9.17, 15) is 19.1 Å². The van der Waals surface area contributed by atoms with Crippen molar-refractivity contribution in [3.05, 3.63) is 131 Å². The van der Waals surface area contributed by atoms with Crippen LogP contribution < -0.4 is 9.47 Å². The summed E-state index contributed by atoms with van der Waals surface area (Å²) < 4.78 is 25.5. The molecule has 5 rings (SSSR count). The number of Topliss-reactive ketones (excluding diaryl/α,β-unsaturated/α-hetero) is 1. The van der Waals surface area contributed by atoms with Gasteiger partial charge >= 0.3 is 0 Å². The minimum atomic E-state index is -0.930. The number of hydrogen-bond acceptors (Lipinski definition) is 6. The molecule has 8 heteroatoms. The molecular formula is C32H27FN2O5. The number of aromatic nitrogens is 1. The van der Waals surface area contributed by atoms with Gasteiger partial charge in [-0.3, -0.25) is 14.6 Å². The monoisotopic (exact) mass is 538 g/mol. The highest BCUT2D eigenvalue weighted by atomic mass is 19.1. The van der Waals surface area contributed by atoms with Crippen LogP contribution in [0.2, 0.25) is 0 Å². The molecule has 1 aliphatic rings. The van der Waals surface area contributed by atoms with Gasteiger partial charge in [-0.25, -0.2) is 4.39 Å². The molecule has 1 fully saturated rings. The average Bonchev–Trinajstić information content (AvgIpc) is 3.22. The van der Waals surface area contributed by atoms with Crippen molar-refractivity contribution in [3.63, 3.8) is 0 Å². The second-order valence-electron chi connectivity index (χ2n) is 9.20. The topological polar surface area (TPSA) is 89.0 Å². The van der Waals surface area contributed by atoms with E-state index in [2.05, 4.69) is 4.98 Å². The Labute approximate surface area is 231 Å². The van der Waals surface area contributed by atoms with Gasteiger partial charge in [0.05, 0.1) is 18.2 Å². The van der Waals surface area contributed by atoms with Gasteiger partial charge in [-0.05, 0) is 72.1 Å². The molecule has 0 saturated carbocycles. The fourth-order valence-electron chi connectivity index (χ4n) is 4.66. The highest BCUT2D eigenvalue weighted by Crippen LogP contribution is 2.43. The van der Waals surface area contributed by atoms with E-state index in [1.54, 1.807) is 42.7 Å². The van der Waals surface area contributed by atoms with E-state index in [0.717, 1.165) is 11.1 Å². The molecule has 4 aromatic rings. The largest absolute Gasteiger partial charge is 0.507 e. The number of aliphatic hydroxyl groups is 1. The predicted octanol–water partition coefficient (Wildman–Crippen LogP) is 5.82. The first kappa shape index (κ1) is 26.6. The van der Waals surface area contributed by atoms with Gasteiger partial charge in [0.1, 0.15) is 18.2 Å². The number of ketones is 1. The molecule has 1 N–H and O–H groups in total. The first-order chi connectivity index (χ1) is 19.5. The van der Waals surface area contributed by atoms with E-state index in [4.69, 9.17) is 9.47 Å². The number of halogens is 1. The maximum absolute atomic E-state index is 13.6. The van der Waals surface area contributed by atoms with Crippen molar-refractivity contribution >= 4 is 17.4 Å². The summed E-state index contributed by atoms with van der Waals surface area (Å²) in [5, 5.41) is 11.2. The summed E-state index contributed by atoms with van der Waals surface area (Å²) in [6, 6.07) is 22.6. The molecule has 1 aliphatic heterocycles. The summed E-state index contributed by atoms with van der Waals surface area (Å²) in [4.78, 5) is 32.1. The Morgan fingerprint density at radius 2 is 1.62 bits per heavy atom. The number of carbonyl (C=O) groups is 2. The van der Waals surface area contributed by atoms with Gasteiger partial charge in [0, 0.05) is 24.5 Å². The molecule has 1 unspecified atom stereocenters. The molecule has 3 aromatic carbocycles. The number of carbonyl (C=O) groups excluding carboxylic acids is 2. The number of amides is 1. The lowest BCUT2D eigenvalue weighted by molar-refractivity contribution is -0.140. The lowest BCUT2D eigenvalue weighted by Gasteiger charge is -2.26. The number of rotatable bonds is 9. The third-order valence-electron chi connectivity index (χ3n) is 6.58. The molecule has 1 aromatic heterocycles. The fraction of sp³-hybridized carbons (Fsp3) is 0.156. The van der Waals surface area contributed by atoms with E-state index in [1.807, 2.05) is 37.3 Å². The van der Waals surface area contributed by atoms with Gasteiger partial charge < -0.3 is 19.5 Å². The third kappa shape index (κ3) is 5.56. The zero-order valence-electron chi connectivity index (χ0n) is 21.8. The number of benzene rings is 3.